The summed E-state index contributed by atoms with van der Waals surface area (Å²) in [6.07, 6.45) is 1.35. The Morgan fingerprint density at radius 2 is 2.07 bits per heavy atom. The van der Waals surface area contributed by atoms with Crippen molar-refractivity contribution in [3.63, 3.8) is 0 Å². The van der Waals surface area contributed by atoms with E-state index in [-0.39, 0.29) is 0 Å². The highest BCUT2D eigenvalue weighted by Crippen LogP contribution is 2.29. The monoisotopic (exact) mass is 286 g/mol. The van der Waals surface area contributed by atoms with Gasteiger partial charge in [-0.25, -0.2) is 14.4 Å². The molecule has 0 fully saturated rings. The first kappa shape index (κ1) is 10.5. The molecule has 0 radical (unpaired) electrons. The molecule has 0 saturated carbocycles. The maximum atomic E-state index is 13.5. The molecule has 5 heteroatoms. The van der Waals surface area contributed by atoms with E-state index in [9.17, 15) is 4.39 Å². The van der Waals surface area contributed by atoms with Crippen LogP contribution in [0.4, 0.5) is 4.39 Å². The minimum Gasteiger partial charge on any atom is -0.236 e. The predicted octanol–water partition coefficient (Wildman–Crippen LogP) is 3.70. The highest BCUT2D eigenvalue weighted by Gasteiger charge is 2.10. The summed E-state index contributed by atoms with van der Waals surface area (Å²) in [7, 11) is 0. The smallest absolute Gasteiger partial charge is 0.134 e. The van der Waals surface area contributed by atoms with E-state index in [2.05, 4.69) is 25.9 Å². The van der Waals surface area contributed by atoms with Crippen molar-refractivity contribution < 1.29 is 4.39 Å². The van der Waals surface area contributed by atoms with E-state index >= 15 is 0 Å². The number of hydrogen-bond acceptors (Lipinski definition) is 2. The Kier molecular flexibility index (Phi) is 2.98. The van der Waals surface area contributed by atoms with Gasteiger partial charge in [0.05, 0.1) is 16.3 Å². The zero-order chi connectivity index (χ0) is 10.8. The third-order valence-electron chi connectivity index (χ3n) is 1.85. The number of hydrogen-bond donors (Lipinski definition) is 0. The molecule has 0 unspecified atom stereocenters. The molecule has 0 aliphatic rings. The van der Waals surface area contributed by atoms with Gasteiger partial charge in [-0.05, 0) is 34.1 Å². The Labute approximate surface area is 99.3 Å². The van der Waals surface area contributed by atoms with Gasteiger partial charge in [0.15, 0.2) is 0 Å². The van der Waals surface area contributed by atoms with E-state index in [4.69, 9.17) is 11.6 Å². The zero-order valence-electron chi connectivity index (χ0n) is 7.42. The Morgan fingerprint density at radius 1 is 1.27 bits per heavy atom. The molecule has 1 aromatic carbocycles. The van der Waals surface area contributed by atoms with Gasteiger partial charge < -0.3 is 0 Å². The Morgan fingerprint density at radius 3 is 2.73 bits per heavy atom. The summed E-state index contributed by atoms with van der Waals surface area (Å²) in [6.45, 7) is 0. The van der Waals surface area contributed by atoms with Gasteiger partial charge in [0.25, 0.3) is 0 Å². The van der Waals surface area contributed by atoms with E-state index < -0.39 is 5.82 Å². The summed E-state index contributed by atoms with van der Waals surface area (Å²) in [5.74, 6) is -0.395. The molecule has 0 saturated heterocycles. The van der Waals surface area contributed by atoms with Crippen molar-refractivity contribution in [3.05, 3.63) is 46.0 Å². The van der Waals surface area contributed by atoms with E-state index in [0.29, 0.717) is 20.9 Å². The fourth-order valence-electron chi connectivity index (χ4n) is 1.21. The largest absolute Gasteiger partial charge is 0.236 e. The average Bonchev–Trinajstić information content (AvgIpc) is 2.17. The second-order valence-electron chi connectivity index (χ2n) is 2.82. The molecule has 76 valence electrons. The van der Waals surface area contributed by atoms with Crippen LogP contribution in [0.1, 0.15) is 0 Å². The lowest BCUT2D eigenvalue weighted by Gasteiger charge is -2.04. The molecular weight excluding hydrogens is 282 g/mol. The number of aromatic nitrogens is 2. The predicted molar refractivity (Wildman–Crippen MR) is 60.1 cm³/mol. The van der Waals surface area contributed by atoms with Crippen molar-refractivity contribution in [2.24, 2.45) is 0 Å². The first-order valence-corrected chi connectivity index (χ1v) is 5.27. The summed E-state index contributed by atoms with van der Waals surface area (Å²) in [4.78, 5) is 7.83. The average molecular weight is 288 g/mol. The second-order valence-corrected chi connectivity index (χ2v) is 4.04. The number of nitrogens with zero attached hydrogens (tertiary/aromatic N) is 2. The number of benzene rings is 1. The highest BCUT2D eigenvalue weighted by molar-refractivity contribution is 9.10. The van der Waals surface area contributed by atoms with Gasteiger partial charge in [-0.1, -0.05) is 17.7 Å². The minimum absolute atomic E-state index is 0.294. The topological polar surface area (TPSA) is 25.8 Å². The number of halogens is 3. The van der Waals surface area contributed by atoms with Crippen LogP contribution in [0.25, 0.3) is 11.3 Å². The maximum Gasteiger partial charge on any atom is 0.134 e. The molecule has 0 aliphatic carbocycles. The van der Waals surface area contributed by atoms with E-state index in [0.717, 1.165) is 0 Å². The zero-order valence-corrected chi connectivity index (χ0v) is 9.76. The Hall–Kier alpha value is -1.00. The fourth-order valence-corrected chi connectivity index (χ4v) is 1.78. The van der Waals surface area contributed by atoms with Gasteiger partial charge in [0.2, 0.25) is 0 Å². The van der Waals surface area contributed by atoms with Crippen LogP contribution in [-0.2, 0) is 0 Å². The molecule has 2 nitrogen and oxygen atoms in total. The molecule has 1 heterocycles. The highest BCUT2D eigenvalue weighted by atomic mass is 79.9. The molecule has 0 N–H and O–H groups in total. The van der Waals surface area contributed by atoms with Crippen LogP contribution in [-0.4, -0.2) is 9.97 Å². The van der Waals surface area contributed by atoms with E-state index in [1.54, 1.807) is 18.2 Å². The van der Waals surface area contributed by atoms with Gasteiger partial charge >= 0.3 is 0 Å². The van der Waals surface area contributed by atoms with Crippen LogP contribution in [0.5, 0.6) is 0 Å². The van der Waals surface area contributed by atoms with Crippen LogP contribution in [0.2, 0.25) is 5.02 Å². The molecule has 2 rings (SSSR count). The quantitative estimate of drug-likeness (QED) is 0.747. The lowest BCUT2D eigenvalue weighted by atomic mass is 10.1. The van der Waals surface area contributed by atoms with Crippen LogP contribution < -0.4 is 0 Å². The van der Waals surface area contributed by atoms with E-state index in [1.807, 2.05) is 0 Å². The van der Waals surface area contributed by atoms with Crippen molar-refractivity contribution in [2.45, 2.75) is 0 Å². The van der Waals surface area contributed by atoms with Crippen LogP contribution in [0.15, 0.2) is 35.2 Å². The third kappa shape index (κ3) is 2.16. The molecular formula is C10H5BrClFN2. The molecule has 1 aromatic heterocycles. The van der Waals surface area contributed by atoms with Crippen LogP contribution in [0, 0.1) is 5.82 Å². The summed E-state index contributed by atoms with van der Waals surface area (Å²) in [5.41, 5.74) is 0.752. The standard InChI is InChI=1S/C10H5BrClFN2/c11-9-4-8(14-5-15-9)10-6(12)2-1-3-7(10)13/h1-5H. The summed E-state index contributed by atoms with van der Waals surface area (Å²) in [6, 6.07) is 6.13. The molecule has 0 spiro atoms. The normalized spacial score (nSPS) is 10.3. The molecule has 0 amide bonds. The van der Waals surface area contributed by atoms with Crippen LogP contribution in [0.3, 0.4) is 0 Å². The van der Waals surface area contributed by atoms with Crippen molar-refractivity contribution >= 4 is 27.5 Å². The molecule has 0 aliphatic heterocycles. The third-order valence-corrected chi connectivity index (χ3v) is 2.60. The fraction of sp³-hybridized carbons (Fsp3) is 0. The van der Waals surface area contributed by atoms with Gasteiger partial charge in [-0.15, -0.1) is 0 Å². The van der Waals surface area contributed by atoms with Crippen molar-refractivity contribution in [3.8, 4) is 11.3 Å². The van der Waals surface area contributed by atoms with Crippen molar-refractivity contribution in [1.82, 2.24) is 9.97 Å². The molecule has 0 atom stereocenters. The first-order valence-electron chi connectivity index (χ1n) is 4.10. The summed E-state index contributed by atoms with van der Waals surface area (Å²) in [5, 5.41) is 0.334. The summed E-state index contributed by atoms with van der Waals surface area (Å²) >= 11 is 9.09. The lowest BCUT2D eigenvalue weighted by Crippen LogP contribution is -1.90. The maximum absolute atomic E-state index is 13.5. The summed E-state index contributed by atoms with van der Waals surface area (Å²) < 4.78 is 14.1. The SMILES string of the molecule is Fc1cccc(Cl)c1-c1cc(Br)ncn1. The van der Waals surface area contributed by atoms with Crippen molar-refractivity contribution in [2.75, 3.05) is 0 Å². The Bertz CT molecular complexity index is 484. The van der Waals surface area contributed by atoms with Gasteiger partial charge in [0.1, 0.15) is 16.7 Å². The van der Waals surface area contributed by atoms with Gasteiger partial charge in [0, 0.05) is 0 Å². The van der Waals surface area contributed by atoms with Crippen LogP contribution >= 0.6 is 27.5 Å². The minimum atomic E-state index is -0.395. The molecule has 0 bridgehead atoms. The van der Waals surface area contributed by atoms with Gasteiger partial charge in [-0.3, -0.25) is 0 Å². The first-order chi connectivity index (χ1) is 7.18. The molecule has 2 aromatic rings. The van der Waals surface area contributed by atoms with E-state index in [1.165, 1.54) is 12.4 Å². The Balaban J connectivity index is 2.63. The van der Waals surface area contributed by atoms with Gasteiger partial charge in [-0.2, -0.15) is 0 Å². The number of rotatable bonds is 1. The van der Waals surface area contributed by atoms with Crippen molar-refractivity contribution in [1.29, 1.82) is 0 Å². The lowest BCUT2D eigenvalue weighted by molar-refractivity contribution is 0.630. The second kappa shape index (κ2) is 4.24. The molecule has 15 heavy (non-hydrogen) atoms.